The zero-order valence-electron chi connectivity index (χ0n) is 8.51. The maximum Gasteiger partial charge on any atom is 0.0829 e. The first kappa shape index (κ1) is 9.13. The lowest BCUT2D eigenvalue weighted by molar-refractivity contribution is 0.605. The van der Waals surface area contributed by atoms with Crippen molar-refractivity contribution in [3.63, 3.8) is 0 Å². The van der Waals surface area contributed by atoms with E-state index in [4.69, 9.17) is 0 Å². The second kappa shape index (κ2) is 3.74. The molecule has 1 aromatic carbocycles. The van der Waals surface area contributed by atoms with Crippen LogP contribution in [-0.2, 0) is 0 Å². The Labute approximate surface area is 84.4 Å². The molecule has 2 heteroatoms. The van der Waals surface area contributed by atoms with E-state index < -0.39 is 0 Å². The summed E-state index contributed by atoms with van der Waals surface area (Å²) in [7, 11) is 0. The van der Waals surface area contributed by atoms with Gasteiger partial charge < -0.3 is 0 Å². The third-order valence-electron chi connectivity index (χ3n) is 2.54. The zero-order valence-corrected chi connectivity index (χ0v) is 8.51. The molecule has 2 nitrogen and oxygen atoms in total. The first-order chi connectivity index (χ1) is 6.77. The van der Waals surface area contributed by atoms with Crippen molar-refractivity contribution >= 4 is 11.9 Å². The molecule has 0 saturated heterocycles. The largest absolute Gasteiger partial charge is 0.286 e. The minimum atomic E-state index is 0.287. The Balaban J connectivity index is 2.30. The number of rotatable bonds is 1. The monoisotopic (exact) mass is 186 g/mol. The van der Waals surface area contributed by atoms with Gasteiger partial charge in [-0.2, -0.15) is 0 Å². The highest BCUT2D eigenvalue weighted by Crippen LogP contribution is 2.10. The van der Waals surface area contributed by atoms with E-state index in [9.17, 15) is 0 Å². The molecule has 2 atom stereocenters. The lowest BCUT2D eigenvalue weighted by Crippen LogP contribution is -2.24. The van der Waals surface area contributed by atoms with Crippen LogP contribution in [0.4, 0.5) is 0 Å². The van der Waals surface area contributed by atoms with Crippen molar-refractivity contribution < 1.29 is 0 Å². The van der Waals surface area contributed by atoms with E-state index in [2.05, 4.69) is 36.0 Å². The molecule has 0 fully saturated rings. The molecule has 72 valence electrons. The van der Waals surface area contributed by atoms with Crippen LogP contribution < -0.4 is 0 Å². The summed E-state index contributed by atoms with van der Waals surface area (Å²) in [6, 6.07) is 10.8. The van der Waals surface area contributed by atoms with Crippen LogP contribution in [0.3, 0.4) is 0 Å². The predicted molar refractivity (Wildman–Crippen MR) is 60.4 cm³/mol. The lowest BCUT2D eigenvalue weighted by Gasteiger charge is -2.17. The second-order valence-corrected chi connectivity index (χ2v) is 3.64. The summed E-state index contributed by atoms with van der Waals surface area (Å²) in [4.78, 5) is 9.01. The Morgan fingerprint density at radius 2 is 1.71 bits per heavy atom. The Kier molecular flexibility index (Phi) is 2.44. The van der Waals surface area contributed by atoms with Crippen LogP contribution >= 0.6 is 0 Å². The maximum atomic E-state index is 4.60. The standard InChI is InChI=1S/C12H14N2/c1-9-10(2)14-12(8-13-9)11-6-4-3-5-7-11/h3-10H,1-2H3. The normalized spacial score (nSPS) is 26.0. The molecular formula is C12H14N2. The summed E-state index contributed by atoms with van der Waals surface area (Å²) < 4.78 is 0. The molecule has 0 amide bonds. The van der Waals surface area contributed by atoms with E-state index in [0.29, 0.717) is 6.04 Å². The zero-order chi connectivity index (χ0) is 9.97. The van der Waals surface area contributed by atoms with Crippen molar-refractivity contribution in [3.05, 3.63) is 35.9 Å². The molecule has 0 aromatic heterocycles. The third-order valence-corrected chi connectivity index (χ3v) is 2.54. The van der Waals surface area contributed by atoms with Crippen LogP contribution in [0.1, 0.15) is 19.4 Å². The molecule has 0 N–H and O–H groups in total. The van der Waals surface area contributed by atoms with Gasteiger partial charge in [-0.1, -0.05) is 30.3 Å². The molecule has 14 heavy (non-hydrogen) atoms. The minimum absolute atomic E-state index is 0.287. The van der Waals surface area contributed by atoms with Crippen LogP contribution in [0.5, 0.6) is 0 Å². The molecule has 0 saturated carbocycles. The van der Waals surface area contributed by atoms with Gasteiger partial charge in [0, 0.05) is 11.8 Å². The van der Waals surface area contributed by atoms with Crippen molar-refractivity contribution in [3.8, 4) is 0 Å². The fraction of sp³-hybridized carbons (Fsp3) is 0.333. The van der Waals surface area contributed by atoms with Crippen molar-refractivity contribution in [1.29, 1.82) is 0 Å². The number of hydrogen-bond acceptors (Lipinski definition) is 2. The van der Waals surface area contributed by atoms with Gasteiger partial charge in [-0.15, -0.1) is 0 Å². The molecule has 1 aromatic rings. The molecular weight excluding hydrogens is 172 g/mol. The van der Waals surface area contributed by atoms with Crippen LogP contribution in [0.25, 0.3) is 0 Å². The Morgan fingerprint density at radius 1 is 1.00 bits per heavy atom. The van der Waals surface area contributed by atoms with E-state index in [1.807, 2.05) is 24.4 Å². The van der Waals surface area contributed by atoms with Gasteiger partial charge >= 0.3 is 0 Å². The molecule has 2 unspecified atom stereocenters. The first-order valence-corrected chi connectivity index (χ1v) is 4.94. The van der Waals surface area contributed by atoms with Crippen molar-refractivity contribution in [1.82, 2.24) is 0 Å². The molecule has 1 aliphatic rings. The van der Waals surface area contributed by atoms with E-state index in [1.165, 1.54) is 0 Å². The molecule has 1 aliphatic heterocycles. The molecule has 0 radical (unpaired) electrons. The van der Waals surface area contributed by atoms with Crippen LogP contribution in [-0.4, -0.2) is 24.0 Å². The summed E-state index contributed by atoms with van der Waals surface area (Å²) >= 11 is 0. The average Bonchev–Trinajstić information content (AvgIpc) is 2.23. The number of benzene rings is 1. The van der Waals surface area contributed by atoms with Crippen LogP contribution in [0.2, 0.25) is 0 Å². The highest BCUT2D eigenvalue weighted by molar-refractivity contribution is 6.38. The Hall–Kier alpha value is -1.44. The van der Waals surface area contributed by atoms with Crippen molar-refractivity contribution in [2.75, 3.05) is 0 Å². The van der Waals surface area contributed by atoms with Crippen molar-refractivity contribution in [2.24, 2.45) is 9.98 Å². The van der Waals surface area contributed by atoms with Gasteiger partial charge in [-0.25, -0.2) is 0 Å². The van der Waals surface area contributed by atoms with E-state index in [1.54, 1.807) is 0 Å². The topological polar surface area (TPSA) is 24.7 Å². The van der Waals surface area contributed by atoms with Gasteiger partial charge in [-0.05, 0) is 13.8 Å². The average molecular weight is 186 g/mol. The fourth-order valence-electron chi connectivity index (χ4n) is 1.43. The Bertz CT molecular complexity index is 365. The highest BCUT2D eigenvalue weighted by atomic mass is 14.9. The summed E-state index contributed by atoms with van der Waals surface area (Å²) in [5.41, 5.74) is 2.14. The van der Waals surface area contributed by atoms with Gasteiger partial charge in [0.05, 0.1) is 17.8 Å². The lowest BCUT2D eigenvalue weighted by atomic mass is 10.1. The number of hydrogen-bond donors (Lipinski definition) is 0. The van der Waals surface area contributed by atoms with Gasteiger partial charge in [0.1, 0.15) is 0 Å². The molecule has 1 heterocycles. The van der Waals surface area contributed by atoms with Gasteiger partial charge in [0.15, 0.2) is 0 Å². The summed E-state index contributed by atoms with van der Waals surface area (Å²) in [6.45, 7) is 4.19. The first-order valence-electron chi connectivity index (χ1n) is 4.94. The smallest absolute Gasteiger partial charge is 0.0829 e. The van der Waals surface area contributed by atoms with E-state index in [0.717, 1.165) is 11.3 Å². The van der Waals surface area contributed by atoms with Gasteiger partial charge in [-0.3, -0.25) is 9.98 Å². The highest BCUT2D eigenvalue weighted by Gasteiger charge is 2.14. The van der Waals surface area contributed by atoms with E-state index in [-0.39, 0.29) is 6.04 Å². The van der Waals surface area contributed by atoms with Crippen LogP contribution in [0, 0.1) is 0 Å². The molecule has 0 bridgehead atoms. The SMILES string of the molecule is CC1N=CC(c2ccccc2)=NC1C. The number of aliphatic imine (C=N–C) groups is 2. The molecule has 0 aliphatic carbocycles. The predicted octanol–water partition coefficient (Wildman–Crippen LogP) is 2.34. The number of nitrogens with zero attached hydrogens (tertiary/aromatic N) is 2. The quantitative estimate of drug-likeness (QED) is 0.643. The Morgan fingerprint density at radius 3 is 2.36 bits per heavy atom. The van der Waals surface area contributed by atoms with Crippen LogP contribution in [0.15, 0.2) is 40.3 Å². The molecule has 0 spiro atoms. The second-order valence-electron chi connectivity index (χ2n) is 3.64. The maximum absolute atomic E-state index is 4.60. The molecule has 2 rings (SSSR count). The fourth-order valence-corrected chi connectivity index (χ4v) is 1.43. The summed E-state index contributed by atoms with van der Waals surface area (Å²) in [6.07, 6.45) is 1.88. The minimum Gasteiger partial charge on any atom is -0.286 e. The van der Waals surface area contributed by atoms with Gasteiger partial charge in [0.25, 0.3) is 0 Å². The summed E-state index contributed by atoms with van der Waals surface area (Å²) in [5, 5.41) is 0. The third kappa shape index (κ3) is 1.74. The van der Waals surface area contributed by atoms with Crippen molar-refractivity contribution in [2.45, 2.75) is 25.9 Å². The van der Waals surface area contributed by atoms with E-state index >= 15 is 0 Å². The van der Waals surface area contributed by atoms with Gasteiger partial charge in [0.2, 0.25) is 0 Å². The summed E-state index contributed by atoms with van der Waals surface area (Å²) in [5.74, 6) is 0.